The molecule has 1 N–H and O–H groups in total. The number of aryl methyl sites for hydroxylation is 1. The molecule has 2 rings (SSSR count). The van der Waals surface area contributed by atoms with Crippen molar-refractivity contribution in [3.63, 3.8) is 0 Å². The lowest BCUT2D eigenvalue weighted by Gasteiger charge is -2.21. The average Bonchev–Trinajstić information content (AvgIpc) is 2.65. The highest BCUT2D eigenvalue weighted by atomic mass is 32.2. The summed E-state index contributed by atoms with van der Waals surface area (Å²) in [6.45, 7) is 7.80. The zero-order valence-corrected chi connectivity index (χ0v) is 16.8. The first-order valence-corrected chi connectivity index (χ1v) is 10.7. The van der Waals surface area contributed by atoms with Crippen molar-refractivity contribution in [3.8, 4) is 0 Å². The summed E-state index contributed by atoms with van der Waals surface area (Å²) in [5.41, 5.74) is 3.26. The molecule has 0 aliphatic carbocycles. The van der Waals surface area contributed by atoms with Crippen molar-refractivity contribution in [2.45, 2.75) is 26.3 Å². The van der Waals surface area contributed by atoms with E-state index in [0.29, 0.717) is 11.3 Å². The van der Waals surface area contributed by atoms with Crippen LogP contribution in [0.4, 0.5) is 5.69 Å². The van der Waals surface area contributed by atoms with E-state index < -0.39 is 10.0 Å². The molecule has 6 heteroatoms. The molecule has 0 heterocycles. The number of nitrogens with zero attached hydrogens (tertiary/aromatic N) is 1. The fraction of sp³-hybridized carbons (Fsp3) is 0.286. The number of sulfonamides is 1. The minimum atomic E-state index is -3.41. The Morgan fingerprint density at radius 1 is 1.15 bits per heavy atom. The smallest absolute Gasteiger partial charge is 0.251 e. The van der Waals surface area contributed by atoms with Crippen LogP contribution in [-0.4, -0.2) is 27.1 Å². The summed E-state index contributed by atoms with van der Waals surface area (Å²) in [4.78, 5) is 12.5. The highest BCUT2D eigenvalue weighted by Crippen LogP contribution is 2.19. The molecule has 0 unspecified atom stereocenters. The van der Waals surface area contributed by atoms with E-state index in [0.717, 1.165) is 18.2 Å². The normalized spacial score (nSPS) is 12.3. The predicted molar refractivity (Wildman–Crippen MR) is 111 cm³/mol. The van der Waals surface area contributed by atoms with Crippen molar-refractivity contribution in [2.75, 3.05) is 17.1 Å². The van der Waals surface area contributed by atoms with Gasteiger partial charge in [0.2, 0.25) is 10.0 Å². The van der Waals surface area contributed by atoms with E-state index in [9.17, 15) is 13.2 Å². The second-order valence-corrected chi connectivity index (χ2v) is 8.33. The fourth-order valence-electron chi connectivity index (χ4n) is 2.73. The maximum absolute atomic E-state index is 12.5. The van der Waals surface area contributed by atoms with Gasteiger partial charge in [-0.3, -0.25) is 9.10 Å². The molecule has 1 amide bonds. The van der Waals surface area contributed by atoms with Crippen LogP contribution in [0.25, 0.3) is 0 Å². The second kappa shape index (κ2) is 8.86. The van der Waals surface area contributed by atoms with Gasteiger partial charge in [-0.15, -0.1) is 6.58 Å². The number of hydrogen-bond acceptors (Lipinski definition) is 3. The Bertz CT molecular complexity index is 888. The molecule has 0 radical (unpaired) electrons. The maximum atomic E-state index is 12.5. The SMILES string of the molecule is C=CCN(c1ccc(C(=O)N[C@@H](C)c2ccc(CC)cc2)cc1)S(C)(=O)=O. The minimum Gasteiger partial charge on any atom is -0.346 e. The predicted octanol–water partition coefficient (Wildman–Crippen LogP) is 3.69. The number of benzene rings is 2. The molecule has 144 valence electrons. The Hall–Kier alpha value is -2.60. The van der Waals surface area contributed by atoms with Crippen LogP contribution in [0.2, 0.25) is 0 Å². The first kappa shape index (κ1) is 20.7. The van der Waals surface area contributed by atoms with E-state index in [-0.39, 0.29) is 18.5 Å². The molecule has 0 saturated carbocycles. The molecular weight excluding hydrogens is 360 g/mol. The monoisotopic (exact) mass is 386 g/mol. The van der Waals surface area contributed by atoms with Gasteiger partial charge in [0, 0.05) is 5.56 Å². The number of carbonyl (C=O) groups is 1. The summed E-state index contributed by atoms with van der Waals surface area (Å²) in [5, 5.41) is 2.97. The zero-order chi connectivity index (χ0) is 20.0. The highest BCUT2D eigenvalue weighted by Gasteiger charge is 2.17. The average molecular weight is 387 g/mol. The molecule has 5 nitrogen and oxygen atoms in total. The molecule has 2 aromatic carbocycles. The molecule has 0 saturated heterocycles. The quantitative estimate of drug-likeness (QED) is 0.704. The van der Waals surface area contributed by atoms with Crippen LogP contribution in [-0.2, 0) is 16.4 Å². The minimum absolute atomic E-state index is 0.128. The maximum Gasteiger partial charge on any atom is 0.251 e. The largest absolute Gasteiger partial charge is 0.346 e. The van der Waals surface area contributed by atoms with Crippen molar-refractivity contribution in [1.29, 1.82) is 0 Å². The van der Waals surface area contributed by atoms with Crippen LogP contribution >= 0.6 is 0 Å². The molecule has 0 aliphatic rings. The topological polar surface area (TPSA) is 66.5 Å². The van der Waals surface area contributed by atoms with Crippen molar-refractivity contribution in [2.24, 2.45) is 0 Å². The third-order valence-electron chi connectivity index (χ3n) is 4.35. The Morgan fingerprint density at radius 3 is 2.22 bits per heavy atom. The zero-order valence-electron chi connectivity index (χ0n) is 16.0. The van der Waals surface area contributed by atoms with Gasteiger partial charge in [0.1, 0.15) is 0 Å². The lowest BCUT2D eigenvalue weighted by atomic mass is 10.0. The Morgan fingerprint density at radius 2 is 1.74 bits per heavy atom. The summed E-state index contributed by atoms with van der Waals surface area (Å²) in [5.74, 6) is -0.205. The molecule has 1 atom stereocenters. The molecule has 0 aromatic heterocycles. The van der Waals surface area contributed by atoms with Crippen LogP contribution in [0.15, 0.2) is 61.2 Å². The lowest BCUT2D eigenvalue weighted by Crippen LogP contribution is -2.30. The third kappa shape index (κ3) is 5.44. The van der Waals surface area contributed by atoms with Gasteiger partial charge in [-0.1, -0.05) is 37.3 Å². The van der Waals surface area contributed by atoms with Crippen LogP contribution in [0.5, 0.6) is 0 Å². The Balaban J connectivity index is 2.11. The van der Waals surface area contributed by atoms with Crippen LogP contribution in [0.3, 0.4) is 0 Å². The fourth-order valence-corrected chi connectivity index (χ4v) is 3.61. The van der Waals surface area contributed by atoms with E-state index in [2.05, 4.69) is 31.0 Å². The first-order chi connectivity index (χ1) is 12.8. The van der Waals surface area contributed by atoms with E-state index in [1.165, 1.54) is 15.9 Å². The van der Waals surface area contributed by atoms with Crippen molar-refractivity contribution < 1.29 is 13.2 Å². The van der Waals surface area contributed by atoms with Gasteiger partial charge in [-0.25, -0.2) is 8.42 Å². The summed E-state index contributed by atoms with van der Waals surface area (Å²) in [7, 11) is -3.41. The Labute approximate surface area is 161 Å². The van der Waals surface area contributed by atoms with Crippen LogP contribution in [0, 0.1) is 0 Å². The van der Waals surface area contributed by atoms with Gasteiger partial charge >= 0.3 is 0 Å². The molecule has 2 aromatic rings. The standard InChI is InChI=1S/C21H26N2O3S/c1-5-15-23(27(4,25)26)20-13-11-19(12-14-20)21(24)22-16(3)18-9-7-17(6-2)8-10-18/h5,7-14,16H,1,6,15H2,2-4H3,(H,22,24)/t16-/m0/s1. The summed E-state index contributed by atoms with van der Waals surface area (Å²) in [6.07, 6.45) is 3.64. The second-order valence-electron chi connectivity index (χ2n) is 6.42. The number of amides is 1. The van der Waals surface area contributed by atoms with E-state index in [4.69, 9.17) is 0 Å². The molecule has 0 spiro atoms. The molecule has 0 aliphatic heterocycles. The van der Waals surface area contributed by atoms with Crippen molar-refractivity contribution in [3.05, 3.63) is 77.9 Å². The Kier molecular flexibility index (Phi) is 6.80. The molecule has 27 heavy (non-hydrogen) atoms. The van der Waals surface area contributed by atoms with E-state index in [1.807, 2.05) is 19.1 Å². The highest BCUT2D eigenvalue weighted by molar-refractivity contribution is 7.92. The molecule has 0 fully saturated rings. The number of carbonyl (C=O) groups excluding carboxylic acids is 1. The van der Waals surface area contributed by atoms with E-state index in [1.54, 1.807) is 24.3 Å². The summed E-state index contributed by atoms with van der Waals surface area (Å²) >= 11 is 0. The van der Waals surface area contributed by atoms with Gasteiger partial charge in [-0.2, -0.15) is 0 Å². The summed E-state index contributed by atoms with van der Waals surface area (Å²) < 4.78 is 25.0. The number of hydrogen-bond donors (Lipinski definition) is 1. The number of nitrogens with one attached hydrogen (secondary N) is 1. The van der Waals surface area contributed by atoms with Gasteiger partial charge in [0.05, 0.1) is 24.5 Å². The van der Waals surface area contributed by atoms with Gasteiger partial charge in [0.25, 0.3) is 5.91 Å². The number of anilines is 1. The molecule has 0 bridgehead atoms. The van der Waals surface area contributed by atoms with E-state index >= 15 is 0 Å². The van der Waals surface area contributed by atoms with Gasteiger partial charge < -0.3 is 5.32 Å². The van der Waals surface area contributed by atoms with Gasteiger partial charge in [0.15, 0.2) is 0 Å². The summed E-state index contributed by atoms with van der Waals surface area (Å²) in [6, 6.07) is 14.5. The number of rotatable bonds is 8. The molecular formula is C21H26N2O3S. The third-order valence-corrected chi connectivity index (χ3v) is 5.51. The lowest BCUT2D eigenvalue weighted by molar-refractivity contribution is 0.0940. The van der Waals surface area contributed by atoms with Gasteiger partial charge in [-0.05, 0) is 48.7 Å². The van der Waals surface area contributed by atoms with Crippen LogP contribution < -0.4 is 9.62 Å². The van der Waals surface area contributed by atoms with Crippen molar-refractivity contribution in [1.82, 2.24) is 5.32 Å². The van der Waals surface area contributed by atoms with Crippen molar-refractivity contribution >= 4 is 21.6 Å². The van der Waals surface area contributed by atoms with Crippen LogP contribution in [0.1, 0.15) is 41.4 Å². The first-order valence-electron chi connectivity index (χ1n) is 8.84.